The zero-order valence-electron chi connectivity index (χ0n) is 48.6. The first-order valence-corrected chi connectivity index (χ1v) is 32.2. The minimum absolute atomic E-state index is 0.129. The van der Waals surface area contributed by atoms with Crippen molar-refractivity contribution in [2.24, 2.45) is 0 Å². The van der Waals surface area contributed by atoms with Gasteiger partial charge in [0, 0.05) is 22.3 Å². The van der Waals surface area contributed by atoms with Crippen LogP contribution in [-0.2, 0) is 85.4 Å². The number of carbonyl (C=O) groups is 2. The first-order chi connectivity index (χ1) is 44.8. The van der Waals surface area contributed by atoms with Crippen molar-refractivity contribution in [1.29, 1.82) is 0 Å². The highest BCUT2D eigenvalue weighted by Gasteiger charge is 2.60. The minimum atomic E-state index is -5.37. The van der Waals surface area contributed by atoms with Gasteiger partial charge in [-0.1, -0.05) is 48.5 Å². The Labute approximate surface area is 532 Å². The summed E-state index contributed by atoms with van der Waals surface area (Å²) in [5.41, 5.74) is -0.881. The summed E-state index contributed by atoms with van der Waals surface area (Å²) in [7, 11) is -10.7. The molecule has 19 saturated heterocycles. The van der Waals surface area contributed by atoms with Gasteiger partial charge in [-0.3, -0.25) is 18.0 Å². The molecular formula is C56H70O36S2. The van der Waals surface area contributed by atoms with E-state index in [1.807, 2.05) is 0 Å². The number of aliphatic hydroxyl groups is 16. The van der Waals surface area contributed by atoms with Crippen LogP contribution in [0.15, 0.2) is 82.6 Å². The van der Waals surface area contributed by atoms with E-state index in [9.17, 15) is 108 Å². The van der Waals surface area contributed by atoms with Gasteiger partial charge in [-0.2, -0.15) is 16.8 Å². The molecule has 0 aliphatic carbocycles. The fourth-order valence-electron chi connectivity index (χ4n) is 12.2. The molecule has 23 heterocycles. The van der Waals surface area contributed by atoms with Crippen LogP contribution in [0.5, 0.6) is 0 Å². The largest absolute Gasteiger partial charge is 0.394 e. The van der Waals surface area contributed by atoms with E-state index < -0.39 is 265 Å². The second kappa shape index (κ2) is 28.9. The maximum atomic E-state index is 14.6. The van der Waals surface area contributed by atoms with Gasteiger partial charge in [-0.15, -0.1) is 0 Å². The van der Waals surface area contributed by atoms with Crippen LogP contribution in [0.25, 0.3) is 0 Å². The lowest BCUT2D eigenvalue weighted by Gasteiger charge is -2.51. The molecule has 0 aromatic heterocycles. The van der Waals surface area contributed by atoms with Crippen molar-refractivity contribution in [1.82, 2.24) is 0 Å². The summed E-state index contributed by atoms with van der Waals surface area (Å²) in [4.78, 5) is 26.6. The van der Waals surface area contributed by atoms with Crippen LogP contribution in [0, 0.1) is 0 Å². The highest BCUT2D eigenvalue weighted by atomic mass is 32.2. The topological polar surface area (TPSA) is 555 Å². The third-order valence-electron chi connectivity index (χ3n) is 17.3. The van der Waals surface area contributed by atoms with E-state index in [0.717, 1.165) is 36.4 Å². The van der Waals surface area contributed by atoms with Crippen LogP contribution in [0.2, 0.25) is 0 Å². The van der Waals surface area contributed by atoms with Gasteiger partial charge in [0.15, 0.2) is 55.4 Å². The second-order valence-electron chi connectivity index (χ2n) is 23.2. The Morgan fingerprint density at radius 1 is 0.277 bits per heavy atom. The minimum Gasteiger partial charge on any atom is -0.394 e. The number of hydrogen-bond acceptors (Lipinski definition) is 36. The van der Waals surface area contributed by atoms with E-state index in [0.29, 0.717) is 0 Å². The molecule has 30 unspecified atom stereocenters. The standard InChI is InChI=1S/C56H70O36S2/c57-13-25-43-33(65)37(69)51(79-25)86-44-26(14-58)81-53(39(71)34(44)66)88-47-29(17-61)84-56-50(41(47)73)92-94(77,78)24-6-2-4-22(12-24)32(64)20-9-7-19(8-10-20)31(63)21-3-1-5-23(11-21)93(75,76)91-49-42(74)55(87-45-27(15-59)80-52(85-43)38(70)35(45)67)83-30(18-62)48(49)90-54-40(72)36(68)46(89-56)28(16-60)82-54/h1-12,25-30,33-62,65-74H,13-18H2. The Balaban J connectivity index is 1.04. The predicted molar refractivity (Wildman–Crippen MR) is 294 cm³/mol. The number of rotatable bonds is 6. The molecule has 0 radical (unpaired) electrons. The molecule has 38 heteroatoms. The number of carbonyl (C=O) groups excluding carboxylic acids is 2. The number of benzene rings is 3. The maximum Gasteiger partial charge on any atom is 0.297 e. The van der Waals surface area contributed by atoms with E-state index in [1.165, 1.54) is 36.4 Å². The molecule has 23 aliphatic rings. The lowest BCUT2D eigenvalue weighted by Crippen LogP contribution is -2.69. The van der Waals surface area contributed by atoms with Gasteiger partial charge < -0.3 is 139 Å². The van der Waals surface area contributed by atoms with Crippen molar-refractivity contribution in [3.63, 3.8) is 0 Å². The van der Waals surface area contributed by atoms with Crippen molar-refractivity contribution in [2.75, 3.05) is 39.6 Å². The monoisotopic (exact) mass is 1380 g/mol. The predicted octanol–water partition coefficient (Wildman–Crippen LogP) is -9.45. The molecular weight excluding hydrogens is 1310 g/mol. The molecule has 20 bridgehead atoms. The Morgan fingerprint density at radius 2 is 0.543 bits per heavy atom. The third kappa shape index (κ3) is 13.7. The van der Waals surface area contributed by atoms with Crippen LogP contribution in [0.4, 0.5) is 0 Å². The Morgan fingerprint density at radius 3 is 0.872 bits per heavy atom. The smallest absolute Gasteiger partial charge is 0.297 e. The number of hydrogen-bond donors (Lipinski definition) is 16. The van der Waals surface area contributed by atoms with E-state index in [2.05, 4.69) is 0 Å². The van der Waals surface area contributed by atoms with Crippen molar-refractivity contribution < 1.29 is 173 Å². The van der Waals surface area contributed by atoms with Crippen LogP contribution < -0.4 is 0 Å². The zero-order valence-corrected chi connectivity index (χ0v) is 50.3. The molecule has 0 saturated carbocycles. The molecule has 26 rings (SSSR count). The molecule has 0 amide bonds. The quantitative estimate of drug-likeness (QED) is 0.102. The molecule has 16 N–H and O–H groups in total. The van der Waals surface area contributed by atoms with Crippen molar-refractivity contribution in [3.8, 4) is 0 Å². The maximum absolute atomic E-state index is 14.6. The van der Waals surface area contributed by atoms with Gasteiger partial charge in [0.25, 0.3) is 20.2 Å². The number of aliphatic hydroxyl groups excluding tert-OH is 16. The van der Waals surface area contributed by atoms with E-state index in [4.69, 9.17) is 65.2 Å². The van der Waals surface area contributed by atoms with Gasteiger partial charge in [0.05, 0.1) is 49.4 Å². The summed E-state index contributed by atoms with van der Waals surface area (Å²) < 4.78 is 140. The fourth-order valence-corrected chi connectivity index (χ4v) is 14.5. The van der Waals surface area contributed by atoms with Crippen LogP contribution in [-0.4, -0.2) is 334 Å². The average Bonchev–Trinajstić information content (AvgIpc) is 0.769. The van der Waals surface area contributed by atoms with Gasteiger partial charge in [-0.25, -0.2) is 0 Å². The normalized spacial score (nSPS) is 44.4. The van der Waals surface area contributed by atoms with Gasteiger partial charge >= 0.3 is 0 Å². The molecule has 94 heavy (non-hydrogen) atoms. The molecule has 0 spiro atoms. The molecule has 23 aliphatic heterocycles. The second-order valence-corrected chi connectivity index (χ2v) is 26.3. The Hall–Kier alpha value is -4.30. The summed E-state index contributed by atoms with van der Waals surface area (Å²) in [5, 5.41) is 183. The van der Waals surface area contributed by atoms with Crippen molar-refractivity contribution in [2.45, 2.75) is 194 Å². The molecule has 30 atom stereocenters. The fraction of sp³-hybridized carbons (Fsp3) is 0.643. The van der Waals surface area contributed by atoms with E-state index >= 15 is 0 Å². The first-order valence-electron chi connectivity index (χ1n) is 29.3. The average molecular weight is 1380 g/mol. The van der Waals surface area contributed by atoms with E-state index in [1.54, 1.807) is 0 Å². The lowest BCUT2D eigenvalue weighted by molar-refractivity contribution is -0.402. The van der Waals surface area contributed by atoms with Crippen LogP contribution in [0.3, 0.4) is 0 Å². The van der Waals surface area contributed by atoms with Crippen LogP contribution >= 0.6 is 0 Å². The Kier molecular flexibility index (Phi) is 21.8. The molecule has 3 aromatic carbocycles. The molecule has 3 aromatic rings. The summed E-state index contributed by atoms with van der Waals surface area (Å²) in [6.07, 6.45) is -66.9. The van der Waals surface area contributed by atoms with Crippen LogP contribution in [0.1, 0.15) is 31.8 Å². The lowest BCUT2D eigenvalue weighted by atomic mass is 9.94. The summed E-state index contributed by atoms with van der Waals surface area (Å²) >= 11 is 0. The third-order valence-corrected chi connectivity index (χ3v) is 19.9. The van der Waals surface area contributed by atoms with Crippen molar-refractivity contribution in [3.05, 3.63) is 95.1 Å². The van der Waals surface area contributed by atoms with Gasteiger partial charge in [0.1, 0.15) is 140 Å². The van der Waals surface area contributed by atoms with Gasteiger partial charge in [0.2, 0.25) is 0 Å². The first kappa shape index (κ1) is 71.0. The molecule has 36 nitrogen and oxygen atoms in total. The van der Waals surface area contributed by atoms with Crippen molar-refractivity contribution >= 4 is 31.8 Å². The number of ketones is 2. The SMILES string of the molecule is O=C1c2ccc(cc2)C(=O)c2cccc(c2)S(=O)(=O)OC2C(O)C3OC(CO)C2OC2OC(CO)C(OC4OC(CO)C(OC5OC(CO)C(OC6OC(CO)C(OC7OC(CO)C(O3)C(O)C7O)C(O)C6O)C(O)C5O)C(O)C4OS(=O)(=O)c3cccc1c3)C(O)C2O. The van der Waals surface area contributed by atoms with E-state index in [-0.39, 0.29) is 22.3 Å². The Bertz CT molecular complexity index is 3340. The highest BCUT2D eigenvalue weighted by molar-refractivity contribution is 7.87. The molecule has 522 valence electrons. The zero-order chi connectivity index (χ0) is 67.6. The number of ether oxygens (including phenoxy) is 12. The summed E-state index contributed by atoms with van der Waals surface area (Å²) in [6.45, 7) is -7.16. The summed E-state index contributed by atoms with van der Waals surface area (Å²) in [6, 6.07) is 13.0. The van der Waals surface area contributed by atoms with Gasteiger partial charge in [-0.05, 0) is 24.3 Å². The highest BCUT2D eigenvalue weighted by Crippen LogP contribution is 2.41. The summed E-state index contributed by atoms with van der Waals surface area (Å²) in [5.74, 6) is -1.68. The molecule has 19 fully saturated rings.